The quantitative estimate of drug-likeness (QED) is 0.417. The lowest BCUT2D eigenvalue weighted by atomic mass is 9.86. The van der Waals surface area contributed by atoms with Gasteiger partial charge in [0.15, 0.2) is 6.29 Å². The normalized spacial score (nSPS) is 15.9. The van der Waals surface area contributed by atoms with Gasteiger partial charge in [-0.25, -0.2) is 9.78 Å². The lowest BCUT2D eigenvalue weighted by Crippen LogP contribution is -2.42. The van der Waals surface area contributed by atoms with Crippen molar-refractivity contribution in [2.45, 2.75) is 58.0 Å². The van der Waals surface area contributed by atoms with Gasteiger partial charge in [-0.05, 0) is 75.3 Å². The van der Waals surface area contributed by atoms with Gasteiger partial charge in [-0.1, -0.05) is 42.5 Å². The molecule has 1 fully saturated rings. The molecule has 7 nitrogen and oxygen atoms in total. The number of pyridine rings is 1. The number of nitrogens with zero attached hydrogens (tertiary/aromatic N) is 2. The van der Waals surface area contributed by atoms with Crippen molar-refractivity contribution in [3.63, 3.8) is 0 Å². The fraction of sp³-hybridized carbons (Fsp3) is 0.367. The van der Waals surface area contributed by atoms with Crippen LogP contribution in [0.5, 0.6) is 5.75 Å². The summed E-state index contributed by atoms with van der Waals surface area (Å²) in [6.07, 6.45) is 3.45. The molecule has 1 aliphatic rings. The number of benzene rings is 2. The Balaban J connectivity index is 1.68. The Hall–Kier alpha value is -3.87. The number of aromatic nitrogens is 1. The zero-order valence-electron chi connectivity index (χ0n) is 21.7. The number of piperidine rings is 1. The van der Waals surface area contributed by atoms with Crippen LogP contribution in [0.3, 0.4) is 0 Å². The Morgan fingerprint density at radius 2 is 1.92 bits per heavy atom. The Bertz CT molecular complexity index is 1270. The molecule has 1 atom stereocenters. The standard InChI is InChI=1S/C30H35N3O4/c1-30(2,3)37-29(36)33-16-8-12-22(18-33)23-17-25(32-28(31)24(23)19-34)27-21(11-7-13-26(27)35)15-14-20-9-5-4-6-10-20/h4-7,9-11,13,17,19,22,35H,8,12,14-16,18H2,1-3H3,(H2,31,32). The molecule has 4 rings (SSSR count). The minimum atomic E-state index is -0.590. The summed E-state index contributed by atoms with van der Waals surface area (Å²) >= 11 is 0. The highest BCUT2D eigenvalue weighted by molar-refractivity contribution is 5.86. The van der Waals surface area contributed by atoms with Crippen molar-refractivity contribution in [1.82, 2.24) is 9.88 Å². The summed E-state index contributed by atoms with van der Waals surface area (Å²) in [6.45, 7) is 6.54. The second kappa shape index (κ2) is 11.0. The van der Waals surface area contributed by atoms with Crippen LogP contribution in [0.25, 0.3) is 11.3 Å². The van der Waals surface area contributed by atoms with Crippen LogP contribution in [0.4, 0.5) is 10.6 Å². The van der Waals surface area contributed by atoms with E-state index in [9.17, 15) is 14.7 Å². The van der Waals surface area contributed by atoms with Crippen molar-refractivity contribution >= 4 is 18.2 Å². The first-order valence-electron chi connectivity index (χ1n) is 12.7. The molecule has 37 heavy (non-hydrogen) atoms. The van der Waals surface area contributed by atoms with Gasteiger partial charge in [0.2, 0.25) is 0 Å². The lowest BCUT2D eigenvalue weighted by molar-refractivity contribution is 0.0198. The zero-order chi connectivity index (χ0) is 26.6. The van der Waals surface area contributed by atoms with Gasteiger partial charge in [0, 0.05) is 24.6 Å². The number of nitrogens with two attached hydrogens (primary N) is 1. The predicted molar refractivity (Wildman–Crippen MR) is 145 cm³/mol. The molecule has 0 aliphatic carbocycles. The monoisotopic (exact) mass is 501 g/mol. The molecule has 0 spiro atoms. The van der Waals surface area contributed by atoms with E-state index in [0.29, 0.717) is 36.3 Å². The molecule has 1 amide bonds. The molecule has 0 bridgehead atoms. The van der Waals surface area contributed by atoms with E-state index >= 15 is 0 Å². The average Bonchev–Trinajstić information content (AvgIpc) is 2.86. The molecular formula is C30H35N3O4. The molecule has 1 unspecified atom stereocenters. The van der Waals surface area contributed by atoms with Crippen LogP contribution in [0.1, 0.15) is 66.6 Å². The molecule has 1 saturated heterocycles. The number of carbonyl (C=O) groups is 2. The van der Waals surface area contributed by atoms with Crippen LogP contribution in [0.2, 0.25) is 0 Å². The number of carbonyl (C=O) groups excluding carboxylic acids is 2. The number of amides is 1. The zero-order valence-corrected chi connectivity index (χ0v) is 21.7. The Kier molecular flexibility index (Phi) is 7.81. The number of aryl methyl sites for hydroxylation is 2. The number of anilines is 1. The molecule has 2 aromatic carbocycles. The first kappa shape index (κ1) is 26.2. The number of aldehydes is 1. The van der Waals surface area contributed by atoms with Crippen molar-refractivity contribution in [3.8, 4) is 17.0 Å². The third kappa shape index (κ3) is 6.28. The minimum Gasteiger partial charge on any atom is -0.507 e. The summed E-state index contributed by atoms with van der Waals surface area (Å²) in [5.41, 5.74) is 10.1. The van der Waals surface area contributed by atoms with E-state index in [2.05, 4.69) is 17.1 Å². The van der Waals surface area contributed by atoms with Crippen LogP contribution in [0.15, 0.2) is 54.6 Å². The molecule has 194 valence electrons. The Labute approximate surface area is 218 Å². The fourth-order valence-electron chi connectivity index (χ4n) is 4.93. The third-order valence-electron chi connectivity index (χ3n) is 6.66. The van der Waals surface area contributed by atoms with Gasteiger partial charge in [-0.2, -0.15) is 0 Å². The summed E-state index contributed by atoms with van der Waals surface area (Å²) in [5, 5.41) is 10.9. The van der Waals surface area contributed by atoms with Gasteiger partial charge in [-0.3, -0.25) is 4.79 Å². The number of hydrogen-bond donors (Lipinski definition) is 2. The highest BCUT2D eigenvalue weighted by Gasteiger charge is 2.30. The van der Waals surface area contributed by atoms with E-state index in [1.165, 1.54) is 5.56 Å². The summed E-state index contributed by atoms with van der Waals surface area (Å²) in [7, 11) is 0. The van der Waals surface area contributed by atoms with E-state index in [1.54, 1.807) is 11.0 Å². The summed E-state index contributed by atoms with van der Waals surface area (Å²) in [6, 6.07) is 17.5. The topological polar surface area (TPSA) is 106 Å². The Morgan fingerprint density at radius 1 is 1.16 bits per heavy atom. The van der Waals surface area contributed by atoms with Gasteiger partial charge in [0.1, 0.15) is 17.2 Å². The van der Waals surface area contributed by atoms with Gasteiger partial charge in [0.05, 0.1) is 11.3 Å². The van der Waals surface area contributed by atoms with Gasteiger partial charge < -0.3 is 20.5 Å². The number of rotatable bonds is 6. The first-order valence-corrected chi connectivity index (χ1v) is 12.7. The van der Waals surface area contributed by atoms with Crippen LogP contribution < -0.4 is 5.73 Å². The van der Waals surface area contributed by atoms with Crippen molar-refractivity contribution in [2.75, 3.05) is 18.8 Å². The van der Waals surface area contributed by atoms with E-state index in [4.69, 9.17) is 10.5 Å². The second-order valence-corrected chi connectivity index (χ2v) is 10.6. The van der Waals surface area contributed by atoms with E-state index in [0.717, 1.165) is 36.7 Å². The molecule has 1 aliphatic heterocycles. The molecule has 3 N–H and O–H groups in total. The van der Waals surface area contributed by atoms with Gasteiger partial charge in [-0.15, -0.1) is 0 Å². The molecule has 1 aromatic heterocycles. The molecule has 3 aromatic rings. The van der Waals surface area contributed by atoms with Crippen LogP contribution in [0, 0.1) is 0 Å². The Morgan fingerprint density at radius 3 is 2.62 bits per heavy atom. The maximum atomic E-state index is 12.7. The van der Waals surface area contributed by atoms with E-state index < -0.39 is 5.60 Å². The summed E-state index contributed by atoms with van der Waals surface area (Å²) in [5.74, 6) is 0.125. The lowest BCUT2D eigenvalue weighted by Gasteiger charge is -2.35. The van der Waals surface area contributed by atoms with Crippen LogP contribution in [-0.2, 0) is 17.6 Å². The molecular weight excluding hydrogens is 466 g/mol. The highest BCUT2D eigenvalue weighted by Crippen LogP contribution is 2.38. The molecule has 2 heterocycles. The molecule has 0 radical (unpaired) electrons. The van der Waals surface area contributed by atoms with E-state index in [-0.39, 0.29) is 23.6 Å². The fourth-order valence-corrected chi connectivity index (χ4v) is 4.93. The molecule has 7 heteroatoms. The van der Waals surface area contributed by atoms with Crippen LogP contribution in [-0.4, -0.2) is 46.1 Å². The second-order valence-electron chi connectivity index (χ2n) is 10.6. The third-order valence-corrected chi connectivity index (χ3v) is 6.66. The van der Waals surface area contributed by atoms with Crippen molar-refractivity contribution in [3.05, 3.63) is 76.9 Å². The number of ether oxygens (including phenoxy) is 1. The molecule has 0 saturated carbocycles. The van der Waals surface area contributed by atoms with Crippen molar-refractivity contribution in [2.24, 2.45) is 0 Å². The van der Waals surface area contributed by atoms with Gasteiger partial charge in [0.25, 0.3) is 0 Å². The predicted octanol–water partition coefficient (Wildman–Crippen LogP) is 5.75. The summed E-state index contributed by atoms with van der Waals surface area (Å²) < 4.78 is 5.58. The summed E-state index contributed by atoms with van der Waals surface area (Å²) in [4.78, 5) is 31.0. The van der Waals surface area contributed by atoms with Crippen molar-refractivity contribution < 1.29 is 19.4 Å². The maximum absolute atomic E-state index is 12.7. The largest absolute Gasteiger partial charge is 0.507 e. The highest BCUT2D eigenvalue weighted by atomic mass is 16.6. The van der Waals surface area contributed by atoms with Crippen molar-refractivity contribution in [1.29, 1.82) is 0 Å². The number of phenols is 1. The minimum absolute atomic E-state index is 0.107. The van der Waals surface area contributed by atoms with E-state index in [1.807, 2.05) is 57.2 Å². The average molecular weight is 502 g/mol. The number of likely N-dealkylation sites (tertiary alicyclic amines) is 1. The number of hydrogen-bond acceptors (Lipinski definition) is 6. The smallest absolute Gasteiger partial charge is 0.410 e. The number of aromatic hydroxyl groups is 1. The first-order chi connectivity index (χ1) is 17.7. The maximum Gasteiger partial charge on any atom is 0.410 e. The van der Waals surface area contributed by atoms with Crippen LogP contribution >= 0.6 is 0 Å². The SMILES string of the molecule is CC(C)(C)OC(=O)N1CCCC(c2cc(-c3c(O)cccc3CCc3ccccc3)nc(N)c2C=O)C1. The number of nitrogen functional groups attached to an aromatic ring is 1. The van der Waals surface area contributed by atoms with Gasteiger partial charge >= 0.3 is 6.09 Å². The number of phenolic OH excluding ortho intramolecular Hbond substituents is 1.